The molecule has 4 heteroatoms. The molecule has 0 unspecified atom stereocenters. The van der Waals surface area contributed by atoms with Crippen LogP contribution in [0.25, 0.3) is 0 Å². The van der Waals surface area contributed by atoms with Gasteiger partial charge in [0, 0.05) is 0 Å². The van der Waals surface area contributed by atoms with E-state index in [1.807, 2.05) is 0 Å². The summed E-state index contributed by atoms with van der Waals surface area (Å²) in [4.78, 5) is 19.8. The molecule has 3 nitrogen and oxygen atoms in total. The number of carbonyl (C=O) groups excluding carboxylic acids is 2. The molecule has 0 fully saturated rings. The molecule has 0 aliphatic heterocycles. The molecular weight excluding hydrogens is 139 g/mol. The fourth-order valence-corrected chi connectivity index (χ4v) is 0.522. The van der Waals surface area contributed by atoms with Crippen LogP contribution in [-0.4, -0.2) is 12.3 Å². The van der Waals surface area contributed by atoms with Crippen molar-refractivity contribution in [2.24, 2.45) is 0 Å². The number of carbonyl (C=O) groups is 2. The lowest BCUT2D eigenvalue weighted by atomic mass is 10.4. The minimum atomic E-state index is -1.67. The molecule has 0 atom stereocenters. The number of halogens is 1. The Hall–Kier alpha value is -1.45. The highest BCUT2D eigenvalue weighted by Gasteiger charge is 2.07. The second-order valence-electron chi connectivity index (χ2n) is 1.59. The molecule has 1 heterocycles. The topological polar surface area (TPSA) is 47.3 Å². The highest BCUT2D eigenvalue weighted by Crippen LogP contribution is 2.06. The van der Waals surface area contributed by atoms with Crippen LogP contribution in [0, 0.1) is 0 Å². The van der Waals surface area contributed by atoms with Crippen molar-refractivity contribution in [2.45, 2.75) is 0 Å². The first-order chi connectivity index (χ1) is 4.74. The third-order valence-electron chi connectivity index (χ3n) is 0.937. The zero-order valence-corrected chi connectivity index (χ0v) is 4.83. The normalized spacial score (nSPS) is 9.30. The molecule has 1 rings (SSSR count). The lowest BCUT2D eigenvalue weighted by Gasteiger charge is -1.79. The first-order valence-electron chi connectivity index (χ1n) is 2.49. The summed E-state index contributed by atoms with van der Waals surface area (Å²) in [5, 5.41) is 0. The van der Waals surface area contributed by atoms with Crippen LogP contribution in [-0.2, 0) is 0 Å². The van der Waals surface area contributed by atoms with Crippen LogP contribution in [0.1, 0.15) is 21.1 Å². The summed E-state index contributed by atoms with van der Waals surface area (Å²) in [7, 11) is 0. The molecule has 52 valence electrons. The summed E-state index contributed by atoms with van der Waals surface area (Å²) < 4.78 is 16.1. The van der Waals surface area contributed by atoms with Gasteiger partial charge < -0.3 is 4.42 Å². The molecule has 0 aromatic carbocycles. The van der Waals surface area contributed by atoms with E-state index in [0.29, 0.717) is 6.29 Å². The molecule has 0 aliphatic carbocycles. The maximum absolute atomic E-state index is 11.7. The quantitative estimate of drug-likeness (QED) is 0.460. The average Bonchev–Trinajstić information content (AvgIpc) is 2.34. The number of hydrogen-bond donors (Lipinski definition) is 0. The monoisotopic (exact) mass is 142 g/mol. The van der Waals surface area contributed by atoms with Gasteiger partial charge in [0.15, 0.2) is 12.0 Å². The van der Waals surface area contributed by atoms with E-state index in [9.17, 15) is 14.0 Å². The van der Waals surface area contributed by atoms with Gasteiger partial charge in [-0.1, -0.05) is 0 Å². The van der Waals surface area contributed by atoms with Gasteiger partial charge in [0.2, 0.25) is 5.76 Å². The largest absolute Gasteiger partial charge is 0.447 e. The molecule has 0 bridgehead atoms. The van der Waals surface area contributed by atoms with Gasteiger partial charge in [0.25, 0.3) is 0 Å². The smallest absolute Gasteiger partial charge is 0.367 e. The number of furan rings is 1. The van der Waals surface area contributed by atoms with Gasteiger partial charge in [-0.15, -0.1) is 0 Å². The SMILES string of the molecule is O=Cc1ccc(C(=O)F)o1. The summed E-state index contributed by atoms with van der Waals surface area (Å²) >= 11 is 0. The second kappa shape index (κ2) is 2.43. The Kier molecular flexibility index (Phi) is 1.62. The molecule has 10 heavy (non-hydrogen) atoms. The highest BCUT2D eigenvalue weighted by molar-refractivity contribution is 5.86. The fourth-order valence-electron chi connectivity index (χ4n) is 0.522. The van der Waals surface area contributed by atoms with Crippen LogP contribution in [0.4, 0.5) is 4.39 Å². The molecule has 0 saturated heterocycles. The molecule has 1 aromatic rings. The zero-order chi connectivity index (χ0) is 7.56. The van der Waals surface area contributed by atoms with E-state index in [1.54, 1.807) is 0 Å². The predicted molar refractivity (Wildman–Crippen MR) is 29.5 cm³/mol. The van der Waals surface area contributed by atoms with Crippen molar-refractivity contribution in [2.75, 3.05) is 0 Å². The Morgan fingerprint density at radius 3 is 2.60 bits per heavy atom. The summed E-state index contributed by atoms with van der Waals surface area (Å²) in [6, 6.07) is 0.652. The van der Waals surface area contributed by atoms with Crippen molar-refractivity contribution in [3.63, 3.8) is 0 Å². The minimum Gasteiger partial charge on any atom is -0.447 e. The fraction of sp³-hybridized carbons (Fsp3) is 0. The van der Waals surface area contributed by atoms with E-state index in [4.69, 9.17) is 0 Å². The maximum atomic E-state index is 11.7. The average molecular weight is 142 g/mol. The Labute approximate surface area is 55.4 Å². The molecular formula is C6H3FO3. The van der Waals surface area contributed by atoms with Gasteiger partial charge >= 0.3 is 6.04 Å². The standard InChI is InChI=1S/C6H3FO3/c7-6(9)5-2-1-4(3-8)10-5/h1-3H. The third-order valence-corrected chi connectivity index (χ3v) is 0.937. The minimum absolute atomic E-state index is 0.0546. The molecule has 0 amide bonds. The van der Waals surface area contributed by atoms with Crippen LogP contribution < -0.4 is 0 Å². The van der Waals surface area contributed by atoms with Crippen molar-refractivity contribution in [1.82, 2.24) is 0 Å². The lowest BCUT2D eigenvalue weighted by molar-refractivity contribution is 0.0803. The van der Waals surface area contributed by atoms with Crippen molar-refractivity contribution in [3.05, 3.63) is 23.7 Å². The Balaban J connectivity index is 2.98. The van der Waals surface area contributed by atoms with E-state index >= 15 is 0 Å². The Bertz CT molecular complexity index is 264. The maximum Gasteiger partial charge on any atom is 0.367 e. The molecule has 0 N–H and O–H groups in total. The van der Waals surface area contributed by atoms with Gasteiger partial charge in [-0.25, -0.2) is 0 Å². The van der Waals surface area contributed by atoms with Gasteiger partial charge in [-0.05, 0) is 12.1 Å². The van der Waals surface area contributed by atoms with Crippen molar-refractivity contribution in [1.29, 1.82) is 0 Å². The van der Waals surface area contributed by atoms with Crippen LogP contribution in [0.15, 0.2) is 16.5 Å². The molecule has 0 saturated carbocycles. The van der Waals surface area contributed by atoms with Crippen LogP contribution in [0.2, 0.25) is 0 Å². The lowest BCUT2D eigenvalue weighted by Crippen LogP contribution is -1.83. The highest BCUT2D eigenvalue weighted by atomic mass is 19.1. The summed E-state index contributed by atoms with van der Waals surface area (Å²) in [5.41, 5.74) is 0. The van der Waals surface area contributed by atoms with Crippen molar-refractivity contribution >= 4 is 12.3 Å². The third kappa shape index (κ3) is 1.10. The number of rotatable bonds is 2. The van der Waals surface area contributed by atoms with E-state index < -0.39 is 11.8 Å². The van der Waals surface area contributed by atoms with E-state index in [2.05, 4.69) is 4.42 Å². The molecule has 0 radical (unpaired) electrons. The molecule has 0 aliphatic rings. The Morgan fingerprint density at radius 1 is 1.60 bits per heavy atom. The Morgan fingerprint density at radius 2 is 2.30 bits per heavy atom. The zero-order valence-electron chi connectivity index (χ0n) is 4.83. The van der Waals surface area contributed by atoms with Gasteiger partial charge in [-0.3, -0.25) is 9.59 Å². The molecule has 0 spiro atoms. The van der Waals surface area contributed by atoms with Crippen molar-refractivity contribution in [3.8, 4) is 0 Å². The number of aldehydes is 1. The van der Waals surface area contributed by atoms with Gasteiger partial charge in [0.1, 0.15) is 0 Å². The molecule has 1 aromatic heterocycles. The van der Waals surface area contributed by atoms with Gasteiger partial charge in [-0.2, -0.15) is 4.39 Å². The van der Waals surface area contributed by atoms with Crippen LogP contribution in [0.3, 0.4) is 0 Å². The van der Waals surface area contributed by atoms with E-state index in [1.165, 1.54) is 6.07 Å². The summed E-state index contributed by atoms with van der Waals surface area (Å²) in [6.07, 6.45) is 0.395. The predicted octanol–water partition coefficient (Wildman–Crippen LogP) is 1.20. The first kappa shape index (κ1) is 6.67. The van der Waals surface area contributed by atoms with Crippen molar-refractivity contribution < 1.29 is 18.4 Å². The van der Waals surface area contributed by atoms with Crippen LogP contribution >= 0.6 is 0 Å². The first-order valence-corrected chi connectivity index (χ1v) is 2.49. The van der Waals surface area contributed by atoms with Gasteiger partial charge in [0.05, 0.1) is 0 Å². The van der Waals surface area contributed by atoms with E-state index in [-0.39, 0.29) is 5.76 Å². The van der Waals surface area contributed by atoms with Crippen LogP contribution in [0.5, 0.6) is 0 Å². The summed E-state index contributed by atoms with van der Waals surface area (Å²) in [5.74, 6) is -0.497. The number of hydrogen-bond acceptors (Lipinski definition) is 3. The van der Waals surface area contributed by atoms with E-state index in [0.717, 1.165) is 6.07 Å². The summed E-state index contributed by atoms with van der Waals surface area (Å²) in [6.45, 7) is 0. The second-order valence-corrected chi connectivity index (χ2v) is 1.59.